The summed E-state index contributed by atoms with van der Waals surface area (Å²) in [5.74, 6) is -1.62. The Morgan fingerprint density at radius 3 is 2.52 bits per heavy atom. The van der Waals surface area contributed by atoms with Crippen LogP contribution in [-0.4, -0.2) is 78.5 Å². The van der Waals surface area contributed by atoms with Crippen molar-refractivity contribution in [3.05, 3.63) is 63.6 Å². The summed E-state index contributed by atoms with van der Waals surface area (Å²) < 4.78 is 10.7. The van der Waals surface area contributed by atoms with Gasteiger partial charge < -0.3 is 25.2 Å². The van der Waals surface area contributed by atoms with Crippen molar-refractivity contribution in [1.82, 2.24) is 9.80 Å². The monoisotopic (exact) mass is 471 g/mol. The molecule has 0 saturated carbocycles. The lowest BCUT2D eigenvalue weighted by molar-refractivity contribution is -0.129. The predicted octanol–water partition coefficient (Wildman–Crippen LogP) is 1.52. The Labute approximate surface area is 195 Å². The van der Waals surface area contributed by atoms with E-state index in [9.17, 15) is 19.5 Å². The number of Topliss-reactive ketones (excluding diaryl/α,β-unsaturated/α-hetero) is 1. The first-order chi connectivity index (χ1) is 16.0. The number of rotatable bonds is 9. The summed E-state index contributed by atoms with van der Waals surface area (Å²) in [6, 6.07) is 9.41. The van der Waals surface area contributed by atoms with Gasteiger partial charge in [-0.05, 0) is 29.1 Å². The molecule has 3 heterocycles. The summed E-state index contributed by atoms with van der Waals surface area (Å²) in [6.07, 6.45) is 0. The zero-order chi connectivity index (χ0) is 23.4. The number of hydrogen-bond acceptors (Lipinski definition) is 8. The molecule has 1 saturated heterocycles. The van der Waals surface area contributed by atoms with Crippen molar-refractivity contribution < 1.29 is 29.0 Å². The van der Waals surface area contributed by atoms with E-state index in [4.69, 9.17) is 15.2 Å². The topological polar surface area (TPSA) is 122 Å². The Morgan fingerprint density at radius 1 is 1.15 bits per heavy atom. The highest BCUT2D eigenvalue weighted by Crippen LogP contribution is 2.39. The molecule has 33 heavy (non-hydrogen) atoms. The molecule has 2 aromatic rings. The molecule has 2 aliphatic rings. The number of carbonyl (C=O) groups excluding carboxylic acids is 3. The number of primary amides is 1. The molecule has 174 valence electrons. The van der Waals surface area contributed by atoms with Crippen LogP contribution in [0.1, 0.15) is 21.3 Å². The molecule has 1 atom stereocenters. The second-order valence-electron chi connectivity index (χ2n) is 7.75. The van der Waals surface area contributed by atoms with Crippen LogP contribution in [0.25, 0.3) is 0 Å². The zero-order valence-electron chi connectivity index (χ0n) is 17.9. The number of nitrogens with two attached hydrogens (primary N) is 1. The van der Waals surface area contributed by atoms with E-state index < -0.39 is 23.6 Å². The van der Waals surface area contributed by atoms with Gasteiger partial charge in [0.05, 0.1) is 29.7 Å². The molecule has 1 aromatic carbocycles. The summed E-state index contributed by atoms with van der Waals surface area (Å²) in [5.41, 5.74) is 5.84. The number of aliphatic hydroxyl groups is 1. The molecule has 0 aliphatic carbocycles. The number of aliphatic hydroxyl groups excluding tert-OH is 1. The number of morpholine rings is 1. The van der Waals surface area contributed by atoms with E-state index in [0.717, 1.165) is 13.1 Å². The van der Waals surface area contributed by atoms with Gasteiger partial charge in [0.1, 0.15) is 5.75 Å². The molecule has 2 amide bonds. The molecule has 1 unspecified atom stereocenters. The second-order valence-corrected chi connectivity index (χ2v) is 8.70. The number of ether oxygens (including phenoxy) is 2. The third-order valence-corrected chi connectivity index (χ3v) is 6.50. The summed E-state index contributed by atoms with van der Waals surface area (Å²) in [4.78, 5) is 41.4. The minimum absolute atomic E-state index is 0.0650. The van der Waals surface area contributed by atoms with Gasteiger partial charge in [0, 0.05) is 26.2 Å². The fraction of sp³-hybridized carbons (Fsp3) is 0.348. The highest BCUT2D eigenvalue weighted by atomic mass is 32.1. The standard InChI is InChI=1S/C23H25N3O6S/c24-18(27)14-32-16-5-3-15(4-6-16)20-19(21(28)17-2-1-13-33-17)22(29)23(30)26(20)8-7-25-9-11-31-12-10-25/h1-6,13,20,29H,7-12,14H2,(H2,24,27). The van der Waals surface area contributed by atoms with Gasteiger partial charge in [-0.25, -0.2) is 0 Å². The quantitative estimate of drug-likeness (QED) is 0.532. The lowest BCUT2D eigenvalue weighted by Crippen LogP contribution is -2.43. The molecule has 2 aliphatic heterocycles. The molecule has 1 aromatic heterocycles. The Hall–Kier alpha value is -3.21. The van der Waals surface area contributed by atoms with Crippen molar-refractivity contribution in [2.75, 3.05) is 46.0 Å². The fourth-order valence-electron chi connectivity index (χ4n) is 3.98. The Morgan fingerprint density at radius 2 is 1.88 bits per heavy atom. The largest absolute Gasteiger partial charge is 0.503 e. The smallest absolute Gasteiger partial charge is 0.290 e. The fourth-order valence-corrected chi connectivity index (χ4v) is 4.66. The molecule has 3 N–H and O–H groups in total. The van der Waals surface area contributed by atoms with Gasteiger partial charge >= 0.3 is 0 Å². The van der Waals surface area contributed by atoms with Crippen LogP contribution >= 0.6 is 11.3 Å². The first kappa shape index (κ1) is 23.0. The minimum atomic E-state index is -0.738. The molecule has 9 nitrogen and oxygen atoms in total. The van der Waals surface area contributed by atoms with E-state index in [1.54, 1.807) is 41.8 Å². The number of amides is 2. The summed E-state index contributed by atoms with van der Waals surface area (Å²) >= 11 is 1.26. The number of nitrogens with zero attached hydrogens (tertiary/aromatic N) is 2. The zero-order valence-corrected chi connectivity index (χ0v) is 18.8. The molecule has 10 heteroatoms. The lowest BCUT2D eigenvalue weighted by Gasteiger charge is -2.31. The van der Waals surface area contributed by atoms with E-state index in [1.165, 1.54) is 16.2 Å². The van der Waals surface area contributed by atoms with Crippen LogP contribution < -0.4 is 10.5 Å². The van der Waals surface area contributed by atoms with Gasteiger partial charge in [0.15, 0.2) is 12.4 Å². The Balaban J connectivity index is 1.62. The van der Waals surface area contributed by atoms with Crippen molar-refractivity contribution >= 4 is 28.9 Å². The first-order valence-electron chi connectivity index (χ1n) is 10.6. The van der Waals surface area contributed by atoms with Crippen molar-refractivity contribution in [3.63, 3.8) is 0 Å². The van der Waals surface area contributed by atoms with Crippen molar-refractivity contribution in [2.45, 2.75) is 6.04 Å². The predicted molar refractivity (Wildman–Crippen MR) is 121 cm³/mol. The van der Waals surface area contributed by atoms with Crippen molar-refractivity contribution in [1.29, 1.82) is 0 Å². The van der Waals surface area contributed by atoms with Gasteiger partial charge in [-0.2, -0.15) is 0 Å². The number of hydrogen-bond donors (Lipinski definition) is 2. The maximum absolute atomic E-state index is 13.3. The summed E-state index contributed by atoms with van der Waals surface area (Å²) in [5, 5.41) is 12.5. The SMILES string of the molecule is NC(=O)COc1ccc(C2C(C(=O)c3cccs3)=C(O)C(=O)N2CCN2CCOCC2)cc1. The van der Waals surface area contributed by atoms with Gasteiger partial charge in [-0.3, -0.25) is 19.3 Å². The highest BCUT2D eigenvalue weighted by Gasteiger charge is 2.44. The van der Waals surface area contributed by atoms with Gasteiger partial charge in [-0.1, -0.05) is 18.2 Å². The number of carbonyl (C=O) groups is 3. The summed E-state index contributed by atoms with van der Waals surface area (Å²) in [7, 11) is 0. The second kappa shape index (κ2) is 10.2. The van der Waals surface area contributed by atoms with Crippen LogP contribution in [0.4, 0.5) is 0 Å². The molecule has 0 spiro atoms. The first-order valence-corrected chi connectivity index (χ1v) is 11.5. The minimum Gasteiger partial charge on any atom is -0.503 e. The third-order valence-electron chi connectivity index (χ3n) is 5.63. The van der Waals surface area contributed by atoms with Crippen LogP contribution in [0.2, 0.25) is 0 Å². The number of ketones is 1. The maximum Gasteiger partial charge on any atom is 0.290 e. The van der Waals surface area contributed by atoms with Gasteiger partial charge in [-0.15, -0.1) is 11.3 Å². The van der Waals surface area contributed by atoms with Crippen molar-refractivity contribution in [2.24, 2.45) is 5.73 Å². The van der Waals surface area contributed by atoms with E-state index in [0.29, 0.717) is 42.5 Å². The molecule has 0 bridgehead atoms. The highest BCUT2D eigenvalue weighted by molar-refractivity contribution is 7.12. The third kappa shape index (κ3) is 5.08. The maximum atomic E-state index is 13.3. The van der Waals surface area contributed by atoms with Crippen LogP contribution in [0.15, 0.2) is 53.1 Å². The average Bonchev–Trinajstić information content (AvgIpc) is 3.45. The van der Waals surface area contributed by atoms with Gasteiger partial charge in [0.25, 0.3) is 11.8 Å². The van der Waals surface area contributed by atoms with Crippen LogP contribution in [0.3, 0.4) is 0 Å². The van der Waals surface area contributed by atoms with Crippen molar-refractivity contribution in [3.8, 4) is 5.75 Å². The van der Waals surface area contributed by atoms with Crippen LogP contribution in [-0.2, 0) is 14.3 Å². The van der Waals surface area contributed by atoms with Crippen LogP contribution in [0, 0.1) is 0 Å². The Kier molecular flexibility index (Phi) is 7.07. The average molecular weight is 472 g/mol. The Bertz CT molecular complexity index is 1040. The van der Waals surface area contributed by atoms with E-state index in [2.05, 4.69) is 4.90 Å². The molecular formula is C23H25N3O6S. The van der Waals surface area contributed by atoms with E-state index >= 15 is 0 Å². The van der Waals surface area contributed by atoms with E-state index in [-0.39, 0.29) is 18.0 Å². The van der Waals surface area contributed by atoms with Gasteiger partial charge in [0.2, 0.25) is 5.78 Å². The summed E-state index contributed by atoms with van der Waals surface area (Å²) in [6.45, 7) is 3.48. The normalized spacial score (nSPS) is 19.2. The molecule has 0 radical (unpaired) electrons. The number of benzene rings is 1. The van der Waals surface area contributed by atoms with Crippen LogP contribution in [0.5, 0.6) is 5.75 Å². The molecule has 4 rings (SSSR count). The molecule has 1 fully saturated rings. The van der Waals surface area contributed by atoms with E-state index in [1.807, 2.05) is 0 Å². The number of thiophene rings is 1. The molecular weight excluding hydrogens is 446 g/mol. The lowest BCUT2D eigenvalue weighted by atomic mass is 9.95.